The maximum atomic E-state index is 12.3. The molecule has 0 spiro atoms. The normalized spacial score (nSPS) is 12.6. The number of carbonyl (C=O) groups excluding carboxylic acids is 1. The lowest BCUT2D eigenvalue weighted by molar-refractivity contribution is 0.0645. The number of carbonyl (C=O) groups is 1. The second-order valence-electron chi connectivity index (χ2n) is 7.35. The molecule has 0 fully saturated rings. The van der Waals surface area contributed by atoms with E-state index in [-0.39, 0.29) is 0 Å². The SMILES string of the molecule is CCN(c1ccccc1)C(C)OC(=O)Oc1ccc(C(C)Cc2ccccc2)cc1. The molecule has 0 heterocycles. The molecule has 4 heteroatoms. The second-order valence-corrected chi connectivity index (χ2v) is 7.35. The summed E-state index contributed by atoms with van der Waals surface area (Å²) >= 11 is 0. The van der Waals surface area contributed by atoms with E-state index in [0.717, 1.165) is 12.1 Å². The van der Waals surface area contributed by atoms with Gasteiger partial charge in [-0.2, -0.15) is 0 Å². The number of hydrogen-bond donors (Lipinski definition) is 0. The Hall–Kier alpha value is -3.27. The zero-order valence-corrected chi connectivity index (χ0v) is 17.8. The van der Waals surface area contributed by atoms with Crippen LogP contribution in [0.3, 0.4) is 0 Å². The highest BCUT2D eigenvalue weighted by Crippen LogP contribution is 2.23. The van der Waals surface area contributed by atoms with Crippen molar-refractivity contribution in [3.8, 4) is 5.75 Å². The molecule has 2 unspecified atom stereocenters. The van der Waals surface area contributed by atoms with Crippen molar-refractivity contribution < 1.29 is 14.3 Å². The molecule has 4 nitrogen and oxygen atoms in total. The highest BCUT2D eigenvalue weighted by molar-refractivity contribution is 5.64. The van der Waals surface area contributed by atoms with Gasteiger partial charge in [-0.05, 0) is 61.6 Å². The molecule has 0 aromatic heterocycles. The molecule has 0 bridgehead atoms. The van der Waals surface area contributed by atoms with Crippen molar-refractivity contribution in [2.24, 2.45) is 0 Å². The molecule has 3 rings (SSSR count). The van der Waals surface area contributed by atoms with Crippen molar-refractivity contribution in [2.75, 3.05) is 11.4 Å². The highest BCUT2D eigenvalue weighted by atomic mass is 16.7. The lowest BCUT2D eigenvalue weighted by Crippen LogP contribution is -2.37. The van der Waals surface area contributed by atoms with Crippen LogP contribution in [0.4, 0.5) is 10.5 Å². The summed E-state index contributed by atoms with van der Waals surface area (Å²) in [5.74, 6) is 0.850. The van der Waals surface area contributed by atoms with Gasteiger partial charge in [-0.15, -0.1) is 0 Å². The third-order valence-electron chi connectivity index (χ3n) is 5.17. The van der Waals surface area contributed by atoms with Crippen LogP contribution < -0.4 is 9.64 Å². The Labute approximate surface area is 179 Å². The minimum absolute atomic E-state index is 0.373. The van der Waals surface area contributed by atoms with E-state index in [9.17, 15) is 4.79 Å². The van der Waals surface area contributed by atoms with E-state index in [1.165, 1.54) is 11.1 Å². The molecular formula is C26H29NO3. The summed E-state index contributed by atoms with van der Waals surface area (Å²) in [7, 11) is 0. The van der Waals surface area contributed by atoms with Crippen LogP contribution in [0.1, 0.15) is 37.8 Å². The molecule has 0 amide bonds. The summed E-state index contributed by atoms with van der Waals surface area (Å²) in [6.45, 7) is 6.77. The fourth-order valence-electron chi connectivity index (χ4n) is 3.54. The van der Waals surface area contributed by atoms with E-state index < -0.39 is 12.4 Å². The molecule has 156 valence electrons. The van der Waals surface area contributed by atoms with Crippen molar-refractivity contribution >= 4 is 11.8 Å². The lowest BCUT2D eigenvalue weighted by Gasteiger charge is -2.29. The average molecular weight is 404 g/mol. The van der Waals surface area contributed by atoms with Gasteiger partial charge in [0.05, 0.1) is 0 Å². The van der Waals surface area contributed by atoms with E-state index in [1.54, 1.807) is 0 Å². The van der Waals surface area contributed by atoms with Crippen molar-refractivity contribution in [1.82, 2.24) is 0 Å². The van der Waals surface area contributed by atoms with Crippen LogP contribution >= 0.6 is 0 Å². The van der Waals surface area contributed by atoms with Gasteiger partial charge in [0.2, 0.25) is 0 Å². The third kappa shape index (κ3) is 5.86. The maximum absolute atomic E-state index is 12.3. The summed E-state index contributed by atoms with van der Waals surface area (Å²) in [5.41, 5.74) is 3.51. The molecule has 0 saturated carbocycles. The number of ether oxygens (including phenoxy) is 2. The molecule has 0 aliphatic carbocycles. The molecule has 0 radical (unpaired) electrons. The molecule has 30 heavy (non-hydrogen) atoms. The molecule has 3 aromatic rings. The number of benzene rings is 3. The summed E-state index contributed by atoms with van der Waals surface area (Å²) in [6.07, 6.45) is -0.176. The van der Waals surface area contributed by atoms with E-state index in [2.05, 4.69) is 31.2 Å². The first-order chi connectivity index (χ1) is 14.6. The monoisotopic (exact) mass is 403 g/mol. The van der Waals surface area contributed by atoms with Crippen LogP contribution in [0.25, 0.3) is 0 Å². The van der Waals surface area contributed by atoms with Crippen molar-refractivity contribution in [3.63, 3.8) is 0 Å². The minimum Gasteiger partial charge on any atom is -0.410 e. The fraction of sp³-hybridized carbons (Fsp3) is 0.269. The average Bonchev–Trinajstić information content (AvgIpc) is 2.76. The molecule has 2 atom stereocenters. The van der Waals surface area contributed by atoms with E-state index in [4.69, 9.17) is 9.47 Å². The van der Waals surface area contributed by atoms with Gasteiger partial charge in [0, 0.05) is 12.2 Å². The molecule has 0 N–H and O–H groups in total. The maximum Gasteiger partial charge on any atom is 0.515 e. The molecule has 0 aliphatic rings. The van der Waals surface area contributed by atoms with Crippen LogP contribution in [0.5, 0.6) is 5.75 Å². The summed E-state index contributed by atoms with van der Waals surface area (Å²) in [6, 6.07) is 27.9. The van der Waals surface area contributed by atoms with Crippen LogP contribution in [-0.2, 0) is 11.2 Å². The molecule has 0 aliphatic heterocycles. The summed E-state index contributed by atoms with van der Waals surface area (Å²) in [4.78, 5) is 14.3. The Morgan fingerprint density at radius 2 is 1.47 bits per heavy atom. The number of hydrogen-bond acceptors (Lipinski definition) is 4. The van der Waals surface area contributed by atoms with Crippen LogP contribution in [-0.4, -0.2) is 18.9 Å². The van der Waals surface area contributed by atoms with E-state index in [0.29, 0.717) is 18.2 Å². The van der Waals surface area contributed by atoms with Crippen molar-refractivity contribution in [1.29, 1.82) is 0 Å². The standard InChI is InChI=1S/C26H29NO3/c1-4-27(24-13-9-6-10-14-24)21(3)29-26(28)30-25-17-15-23(16-18-25)20(2)19-22-11-7-5-8-12-22/h5-18,20-21H,4,19H2,1-3H3. The van der Waals surface area contributed by atoms with Gasteiger partial charge < -0.3 is 14.4 Å². The topological polar surface area (TPSA) is 38.8 Å². The van der Waals surface area contributed by atoms with Crippen molar-refractivity contribution in [3.05, 3.63) is 96.1 Å². The van der Waals surface area contributed by atoms with Crippen LogP contribution in [0.2, 0.25) is 0 Å². The Morgan fingerprint density at radius 3 is 2.07 bits per heavy atom. The smallest absolute Gasteiger partial charge is 0.410 e. The van der Waals surface area contributed by atoms with Crippen molar-refractivity contribution in [2.45, 2.75) is 39.3 Å². The number of anilines is 1. The van der Waals surface area contributed by atoms with E-state index in [1.807, 2.05) is 79.4 Å². The predicted molar refractivity (Wildman–Crippen MR) is 121 cm³/mol. The Balaban J connectivity index is 1.55. The van der Waals surface area contributed by atoms with Crippen LogP contribution in [0.15, 0.2) is 84.9 Å². The zero-order valence-electron chi connectivity index (χ0n) is 17.8. The Bertz CT molecular complexity index is 910. The highest BCUT2D eigenvalue weighted by Gasteiger charge is 2.18. The minimum atomic E-state index is -0.707. The Kier molecular flexibility index (Phi) is 7.50. The largest absolute Gasteiger partial charge is 0.515 e. The third-order valence-corrected chi connectivity index (χ3v) is 5.17. The number of nitrogens with zero attached hydrogens (tertiary/aromatic N) is 1. The van der Waals surface area contributed by atoms with Gasteiger partial charge in [-0.25, -0.2) is 4.79 Å². The first-order valence-corrected chi connectivity index (χ1v) is 10.4. The number of para-hydroxylation sites is 1. The molecular weight excluding hydrogens is 374 g/mol. The predicted octanol–water partition coefficient (Wildman–Crippen LogP) is 6.42. The van der Waals surface area contributed by atoms with Gasteiger partial charge >= 0.3 is 6.16 Å². The zero-order chi connectivity index (χ0) is 21.3. The first-order valence-electron chi connectivity index (χ1n) is 10.4. The quantitative estimate of drug-likeness (QED) is 0.247. The molecule has 0 saturated heterocycles. The second kappa shape index (κ2) is 10.5. The van der Waals surface area contributed by atoms with Gasteiger partial charge in [-0.3, -0.25) is 0 Å². The Morgan fingerprint density at radius 1 is 0.867 bits per heavy atom. The van der Waals surface area contributed by atoms with Gasteiger partial charge in [0.1, 0.15) is 5.75 Å². The molecule has 3 aromatic carbocycles. The van der Waals surface area contributed by atoms with Gasteiger partial charge in [-0.1, -0.05) is 67.6 Å². The van der Waals surface area contributed by atoms with E-state index >= 15 is 0 Å². The summed E-state index contributed by atoms with van der Waals surface area (Å²) in [5, 5.41) is 0. The fourth-order valence-corrected chi connectivity index (χ4v) is 3.54. The first kappa shape index (κ1) is 21.4. The van der Waals surface area contributed by atoms with Crippen LogP contribution in [0, 0.1) is 0 Å². The lowest BCUT2D eigenvalue weighted by atomic mass is 9.94. The summed E-state index contributed by atoms with van der Waals surface area (Å²) < 4.78 is 10.9. The number of rotatable bonds is 8. The van der Waals surface area contributed by atoms with Gasteiger partial charge in [0.25, 0.3) is 0 Å². The van der Waals surface area contributed by atoms with Gasteiger partial charge in [0.15, 0.2) is 6.23 Å².